The lowest BCUT2D eigenvalue weighted by molar-refractivity contribution is -0.187. The molecule has 7 heteroatoms. The molecular formula is C28H28FNO5. The van der Waals surface area contributed by atoms with Crippen molar-refractivity contribution in [3.63, 3.8) is 0 Å². The van der Waals surface area contributed by atoms with Crippen LogP contribution in [0.2, 0.25) is 0 Å². The molecule has 0 radical (unpaired) electrons. The predicted octanol–water partition coefficient (Wildman–Crippen LogP) is 3.87. The highest BCUT2D eigenvalue weighted by Gasteiger charge is 2.80. The number of ketones is 2. The van der Waals surface area contributed by atoms with E-state index in [0.29, 0.717) is 25.0 Å². The van der Waals surface area contributed by atoms with Crippen molar-refractivity contribution in [2.45, 2.75) is 45.3 Å². The maximum atomic E-state index is 14.2. The first-order valence-corrected chi connectivity index (χ1v) is 12.2. The number of hydrogen-bond donors (Lipinski definition) is 0. The Bertz CT molecular complexity index is 1230. The minimum atomic E-state index is -1.49. The summed E-state index contributed by atoms with van der Waals surface area (Å²) in [5, 5.41) is 0. The Balaban J connectivity index is 1.41. The van der Waals surface area contributed by atoms with Gasteiger partial charge in [-0.25, -0.2) is 9.18 Å². The molecule has 1 aliphatic heterocycles. The van der Waals surface area contributed by atoms with E-state index < -0.39 is 40.7 Å². The molecule has 1 saturated heterocycles. The lowest BCUT2D eigenvalue weighted by atomic mass is 9.41. The van der Waals surface area contributed by atoms with Crippen LogP contribution in [0.4, 0.5) is 4.39 Å². The Morgan fingerprint density at radius 3 is 2.89 bits per heavy atom. The molecule has 3 saturated carbocycles. The van der Waals surface area contributed by atoms with Gasteiger partial charge in [-0.15, -0.1) is 0 Å². The van der Waals surface area contributed by atoms with Crippen molar-refractivity contribution in [3.05, 3.63) is 60.2 Å². The molecule has 4 aliphatic carbocycles. The summed E-state index contributed by atoms with van der Waals surface area (Å²) in [5.74, 6) is -2.63. The second kappa shape index (κ2) is 7.29. The molecule has 4 fully saturated rings. The average Bonchev–Trinajstić information content (AvgIpc) is 3.24. The molecule has 35 heavy (non-hydrogen) atoms. The summed E-state index contributed by atoms with van der Waals surface area (Å²) in [7, 11) is 0. The minimum absolute atomic E-state index is 0.0350. The fraction of sp³-hybridized carbons (Fsp3) is 0.500. The largest absolute Gasteiger partial charge is 0.457 e. The number of rotatable bonds is 3. The van der Waals surface area contributed by atoms with E-state index in [2.05, 4.69) is 37.6 Å². The monoisotopic (exact) mass is 477 g/mol. The van der Waals surface area contributed by atoms with Crippen LogP contribution in [0.25, 0.3) is 6.08 Å². The number of aromatic nitrogens is 1. The molecule has 0 unspecified atom stereocenters. The first kappa shape index (κ1) is 22.5. The maximum absolute atomic E-state index is 14.2. The highest BCUT2D eigenvalue weighted by Crippen LogP contribution is 2.71. The van der Waals surface area contributed by atoms with Crippen LogP contribution in [0.1, 0.15) is 38.7 Å². The van der Waals surface area contributed by atoms with E-state index in [0.717, 1.165) is 18.7 Å². The summed E-state index contributed by atoms with van der Waals surface area (Å²) < 4.78 is 26.0. The van der Waals surface area contributed by atoms with Gasteiger partial charge < -0.3 is 9.47 Å². The Hall–Kier alpha value is -2.93. The zero-order valence-corrected chi connectivity index (χ0v) is 19.8. The van der Waals surface area contributed by atoms with Crippen LogP contribution in [-0.2, 0) is 23.9 Å². The number of allylic oxidation sites excluding steroid dienone is 1. The van der Waals surface area contributed by atoms with Gasteiger partial charge in [0.05, 0.1) is 12.8 Å². The summed E-state index contributed by atoms with van der Waals surface area (Å²) in [6, 6.07) is 1.44. The van der Waals surface area contributed by atoms with Gasteiger partial charge in [-0.05, 0) is 48.3 Å². The Morgan fingerprint density at radius 2 is 2.11 bits per heavy atom. The number of halogens is 1. The van der Waals surface area contributed by atoms with Crippen molar-refractivity contribution < 1.29 is 28.2 Å². The van der Waals surface area contributed by atoms with Gasteiger partial charge in [-0.3, -0.25) is 14.6 Å². The smallest absolute Gasteiger partial charge is 0.331 e. The molecule has 0 aromatic carbocycles. The van der Waals surface area contributed by atoms with Gasteiger partial charge in [-0.2, -0.15) is 0 Å². The Kier molecular flexibility index (Phi) is 4.69. The Labute approximate surface area is 203 Å². The molecule has 2 heterocycles. The first-order valence-electron chi connectivity index (χ1n) is 12.2. The van der Waals surface area contributed by atoms with Crippen molar-refractivity contribution in [2.24, 2.45) is 34.0 Å². The molecule has 1 spiro atoms. The lowest BCUT2D eigenvalue weighted by Gasteiger charge is -2.59. The molecule has 1 aromatic heterocycles. The number of carbonyl (C=O) groups is 3. The number of ether oxygens (including phenoxy) is 2. The predicted molar refractivity (Wildman–Crippen MR) is 124 cm³/mol. The normalized spacial score (nSPS) is 40.7. The minimum Gasteiger partial charge on any atom is -0.457 e. The van der Waals surface area contributed by atoms with E-state index in [1.54, 1.807) is 0 Å². The quantitative estimate of drug-likeness (QED) is 0.285. The van der Waals surface area contributed by atoms with Gasteiger partial charge in [0.15, 0.2) is 11.6 Å². The number of fused-ring (bicyclic) bond motifs is 1. The molecular weight excluding hydrogens is 449 g/mol. The summed E-state index contributed by atoms with van der Waals surface area (Å²) in [4.78, 5) is 44.7. The van der Waals surface area contributed by atoms with Crippen LogP contribution in [-0.4, -0.2) is 41.3 Å². The third kappa shape index (κ3) is 2.73. The average molecular weight is 478 g/mol. The highest BCUT2D eigenvalue weighted by atomic mass is 19.1. The topological polar surface area (TPSA) is 82.6 Å². The van der Waals surface area contributed by atoms with Crippen LogP contribution in [0.3, 0.4) is 0 Å². The fourth-order valence-corrected chi connectivity index (χ4v) is 8.05. The Morgan fingerprint density at radius 1 is 1.31 bits per heavy atom. The highest BCUT2D eigenvalue weighted by molar-refractivity contribution is 6.20. The summed E-state index contributed by atoms with van der Waals surface area (Å²) in [6.45, 7) is 8.73. The molecule has 182 valence electrons. The summed E-state index contributed by atoms with van der Waals surface area (Å²) in [5.41, 5.74) is -1.56. The van der Waals surface area contributed by atoms with Crippen LogP contribution < -0.4 is 0 Å². The molecule has 1 aromatic rings. The zero-order valence-electron chi connectivity index (χ0n) is 19.8. The molecule has 7 atom stereocenters. The van der Waals surface area contributed by atoms with Gasteiger partial charge in [0.1, 0.15) is 23.4 Å². The van der Waals surface area contributed by atoms with Crippen molar-refractivity contribution in [3.8, 4) is 0 Å². The van der Waals surface area contributed by atoms with Gasteiger partial charge in [0.25, 0.3) is 0 Å². The van der Waals surface area contributed by atoms with Crippen LogP contribution in [0.5, 0.6) is 0 Å². The van der Waals surface area contributed by atoms with E-state index in [1.807, 2.05) is 0 Å². The third-order valence-corrected chi connectivity index (χ3v) is 9.31. The van der Waals surface area contributed by atoms with E-state index in [-0.39, 0.29) is 34.4 Å². The maximum Gasteiger partial charge on any atom is 0.331 e. The van der Waals surface area contributed by atoms with E-state index in [4.69, 9.17) is 9.47 Å². The van der Waals surface area contributed by atoms with Crippen molar-refractivity contribution >= 4 is 23.6 Å². The number of hydrogen-bond acceptors (Lipinski definition) is 6. The molecule has 6 rings (SSSR count). The van der Waals surface area contributed by atoms with E-state index in [1.165, 1.54) is 18.3 Å². The molecule has 6 nitrogen and oxygen atoms in total. The third-order valence-electron chi connectivity index (χ3n) is 9.31. The van der Waals surface area contributed by atoms with Crippen molar-refractivity contribution in [2.75, 3.05) is 6.61 Å². The van der Waals surface area contributed by atoms with E-state index in [9.17, 15) is 18.8 Å². The molecule has 4 bridgehead atoms. The van der Waals surface area contributed by atoms with Crippen LogP contribution in [0, 0.1) is 39.8 Å². The van der Waals surface area contributed by atoms with Gasteiger partial charge in [0.2, 0.25) is 0 Å². The van der Waals surface area contributed by atoms with Gasteiger partial charge >= 0.3 is 5.97 Å². The number of esters is 1. The van der Waals surface area contributed by atoms with Crippen LogP contribution in [0.15, 0.2) is 48.8 Å². The van der Waals surface area contributed by atoms with Crippen LogP contribution >= 0.6 is 0 Å². The van der Waals surface area contributed by atoms with Gasteiger partial charge in [0, 0.05) is 35.1 Å². The zero-order chi connectivity index (χ0) is 24.8. The summed E-state index contributed by atoms with van der Waals surface area (Å²) in [6.07, 6.45) is 9.71. The van der Waals surface area contributed by atoms with Crippen molar-refractivity contribution in [1.82, 2.24) is 4.98 Å². The molecule has 0 N–H and O–H groups in total. The number of carbonyl (C=O) groups excluding carboxylic acids is 3. The molecule has 0 amide bonds. The number of nitrogens with zero attached hydrogens (tertiary/aromatic N) is 1. The lowest BCUT2D eigenvalue weighted by Crippen LogP contribution is -2.68. The summed E-state index contributed by atoms with van der Waals surface area (Å²) >= 11 is 0. The number of pyridine rings is 1. The molecule has 5 aliphatic rings. The first-order chi connectivity index (χ1) is 16.6. The second-order valence-electron chi connectivity index (χ2n) is 11.3. The van der Waals surface area contributed by atoms with Crippen molar-refractivity contribution in [1.29, 1.82) is 0 Å². The number of Topliss-reactive ketones (excluding diaryl/α,β-unsaturated/α-hetero) is 2. The van der Waals surface area contributed by atoms with E-state index >= 15 is 0 Å². The standard InChI is InChI=1S/C28H28FNO5/c1-15-17-6-7-19-27-11-4-10-26(2,3)22(27)21(34-14-27)24(33)28(19,23(15)32)25(17)35-20(31)8-5-16-9-12-30-13-18(16)29/h4-5,8-9,11-13,17,19,21-22,25H,1,6-7,10,14H2,2-3H3/b8-5+/t17-,19-,21+,22+,25+,27+,28+/m0/s1. The van der Waals surface area contributed by atoms with Gasteiger partial charge in [-0.1, -0.05) is 32.6 Å². The fourth-order valence-electron chi connectivity index (χ4n) is 8.05. The SMILES string of the molecule is C=C1C(=O)[C@@]23C(=O)[C@@H]4OC[C@]5(C=CCC(C)(C)[C@@H]45)[C@@H]2CC[C@@H]1[C@H]3OC(=O)/C=C/c1ccncc1F. The second-order valence-corrected chi connectivity index (χ2v) is 11.3.